The molecule has 2 heterocycles. The van der Waals surface area contributed by atoms with E-state index in [1.54, 1.807) is 11.8 Å². The van der Waals surface area contributed by atoms with Crippen molar-refractivity contribution in [3.63, 3.8) is 0 Å². The number of carbonyl (C=O) groups is 1. The van der Waals surface area contributed by atoms with E-state index in [1.807, 2.05) is 31.2 Å². The number of rotatable bonds is 7. The highest BCUT2D eigenvalue weighted by Crippen LogP contribution is 2.16. The number of nitrogens with zero attached hydrogens (tertiary/aromatic N) is 5. The molecule has 2 N–H and O–H groups in total. The van der Waals surface area contributed by atoms with Crippen LogP contribution in [-0.2, 0) is 4.74 Å². The van der Waals surface area contributed by atoms with Gasteiger partial charge in [0.05, 0.1) is 12.3 Å². The first-order valence-electron chi connectivity index (χ1n) is 8.77. The SMILES string of the molecule is COCCN1CC[C@@H](CNC(=O)Nc2cccc(-n3nnnc3C)c2)C1. The Morgan fingerprint density at radius 2 is 2.31 bits per heavy atom. The monoisotopic (exact) mass is 359 g/mol. The van der Waals surface area contributed by atoms with Crippen LogP contribution < -0.4 is 10.6 Å². The molecule has 0 saturated carbocycles. The molecule has 0 bridgehead atoms. The van der Waals surface area contributed by atoms with Gasteiger partial charge in [0.15, 0.2) is 5.82 Å². The van der Waals surface area contributed by atoms with Crippen LogP contribution in [0.25, 0.3) is 5.69 Å². The summed E-state index contributed by atoms with van der Waals surface area (Å²) in [7, 11) is 1.72. The van der Waals surface area contributed by atoms with Gasteiger partial charge in [-0.2, -0.15) is 4.68 Å². The molecule has 1 aliphatic rings. The number of amides is 2. The van der Waals surface area contributed by atoms with Gasteiger partial charge in [0, 0.05) is 32.4 Å². The van der Waals surface area contributed by atoms with E-state index in [0.29, 0.717) is 24.0 Å². The van der Waals surface area contributed by atoms with Crippen LogP contribution in [0.5, 0.6) is 0 Å². The number of nitrogens with one attached hydrogen (secondary N) is 2. The van der Waals surface area contributed by atoms with Gasteiger partial charge >= 0.3 is 6.03 Å². The first-order chi connectivity index (χ1) is 12.7. The fourth-order valence-electron chi connectivity index (χ4n) is 3.10. The van der Waals surface area contributed by atoms with E-state index in [9.17, 15) is 4.79 Å². The van der Waals surface area contributed by atoms with Crippen molar-refractivity contribution in [2.45, 2.75) is 13.3 Å². The number of aromatic nitrogens is 4. The van der Waals surface area contributed by atoms with E-state index in [1.165, 1.54) is 0 Å². The summed E-state index contributed by atoms with van der Waals surface area (Å²) in [5.41, 5.74) is 1.50. The van der Waals surface area contributed by atoms with Gasteiger partial charge in [-0.05, 0) is 54.4 Å². The Balaban J connectivity index is 1.48. The minimum Gasteiger partial charge on any atom is -0.383 e. The smallest absolute Gasteiger partial charge is 0.319 e. The topological polar surface area (TPSA) is 97.2 Å². The van der Waals surface area contributed by atoms with Crippen LogP contribution in [0, 0.1) is 12.8 Å². The van der Waals surface area contributed by atoms with Crippen molar-refractivity contribution in [3.05, 3.63) is 30.1 Å². The van der Waals surface area contributed by atoms with Crippen LogP contribution in [-0.4, -0.2) is 71.0 Å². The van der Waals surface area contributed by atoms with Crippen LogP contribution in [0.2, 0.25) is 0 Å². The summed E-state index contributed by atoms with van der Waals surface area (Å²) < 4.78 is 6.73. The summed E-state index contributed by atoms with van der Waals surface area (Å²) in [6, 6.07) is 7.22. The van der Waals surface area contributed by atoms with Crippen molar-refractivity contribution in [2.24, 2.45) is 5.92 Å². The third-order valence-electron chi connectivity index (χ3n) is 4.51. The molecular weight excluding hydrogens is 334 g/mol. The zero-order chi connectivity index (χ0) is 18.4. The van der Waals surface area contributed by atoms with E-state index in [2.05, 4.69) is 31.1 Å². The maximum absolute atomic E-state index is 12.2. The van der Waals surface area contributed by atoms with Gasteiger partial charge in [0.25, 0.3) is 0 Å². The highest BCUT2D eigenvalue weighted by Gasteiger charge is 2.22. The maximum atomic E-state index is 12.2. The molecule has 1 aromatic heterocycles. The molecule has 26 heavy (non-hydrogen) atoms. The maximum Gasteiger partial charge on any atom is 0.319 e. The standard InChI is InChI=1S/C17H25N7O2/c1-13-20-21-22-24(13)16-5-3-4-15(10-16)19-17(25)18-11-14-6-7-23(12-14)8-9-26-2/h3-5,10,14H,6-9,11-12H2,1-2H3,(H2,18,19,25)/t14-/m0/s1. The predicted octanol–water partition coefficient (Wildman–Crippen LogP) is 1.06. The lowest BCUT2D eigenvalue weighted by Gasteiger charge is -2.16. The Bertz CT molecular complexity index is 733. The molecule has 140 valence electrons. The fraction of sp³-hybridized carbons (Fsp3) is 0.529. The largest absolute Gasteiger partial charge is 0.383 e. The zero-order valence-corrected chi connectivity index (χ0v) is 15.2. The summed E-state index contributed by atoms with van der Waals surface area (Å²) in [5.74, 6) is 1.17. The van der Waals surface area contributed by atoms with Crippen molar-refractivity contribution in [3.8, 4) is 5.69 Å². The number of benzene rings is 1. The van der Waals surface area contributed by atoms with Crippen LogP contribution in [0.1, 0.15) is 12.2 Å². The third-order valence-corrected chi connectivity index (χ3v) is 4.51. The van der Waals surface area contributed by atoms with E-state index >= 15 is 0 Å². The van der Waals surface area contributed by atoms with Gasteiger partial charge in [-0.25, -0.2) is 4.79 Å². The van der Waals surface area contributed by atoms with Crippen molar-refractivity contribution in [2.75, 3.05) is 45.2 Å². The Kier molecular flexibility index (Phi) is 6.13. The number of hydrogen-bond acceptors (Lipinski definition) is 6. The average Bonchev–Trinajstić information content (AvgIpc) is 3.27. The number of urea groups is 1. The van der Waals surface area contributed by atoms with Gasteiger partial charge in [0.1, 0.15) is 0 Å². The summed E-state index contributed by atoms with van der Waals surface area (Å²) in [6.07, 6.45) is 1.10. The molecule has 2 amide bonds. The van der Waals surface area contributed by atoms with Gasteiger partial charge in [-0.3, -0.25) is 0 Å². The van der Waals surface area contributed by atoms with E-state index < -0.39 is 0 Å². The zero-order valence-electron chi connectivity index (χ0n) is 15.2. The second-order valence-corrected chi connectivity index (χ2v) is 6.47. The number of carbonyl (C=O) groups excluding carboxylic acids is 1. The Hall–Kier alpha value is -2.52. The van der Waals surface area contributed by atoms with Crippen molar-refractivity contribution >= 4 is 11.7 Å². The first kappa shape index (κ1) is 18.3. The molecule has 1 aliphatic heterocycles. The summed E-state index contributed by atoms with van der Waals surface area (Å²) in [6.45, 7) is 6.24. The van der Waals surface area contributed by atoms with Crippen molar-refractivity contribution < 1.29 is 9.53 Å². The fourth-order valence-corrected chi connectivity index (χ4v) is 3.10. The molecule has 1 aromatic carbocycles. The van der Waals surface area contributed by atoms with Gasteiger partial charge in [-0.15, -0.1) is 5.10 Å². The number of likely N-dealkylation sites (tertiary alicyclic amines) is 1. The van der Waals surface area contributed by atoms with Gasteiger partial charge < -0.3 is 20.3 Å². The molecule has 1 atom stereocenters. The van der Waals surface area contributed by atoms with Crippen LogP contribution in [0.4, 0.5) is 10.5 Å². The average molecular weight is 359 g/mol. The normalized spacial score (nSPS) is 17.4. The Labute approximate surface area is 152 Å². The van der Waals surface area contributed by atoms with Crippen LogP contribution in [0.15, 0.2) is 24.3 Å². The minimum absolute atomic E-state index is 0.203. The molecule has 1 fully saturated rings. The summed E-state index contributed by atoms with van der Waals surface area (Å²) >= 11 is 0. The summed E-state index contributed by atoms with van der Waals surface area (Å²) in [5, 5.41) is 17.3. The summed E-state index contributed by atoms with van der Waals surface area (Å²) in [4.78, 5) is 14.6. The highest BCUT2D eigenvalue weighted by atomic mass is 16.5. The molecule has 0 radical (unpaired) electrons. The molecule has 3 rings (SSSR count). The number of hydrogen-bond donors (Lipinski definition) is 2. The lowest BCUT2D eigenvalue weighted by atomic mass is 10.1. The Morgan fingerprint density at radius 1 is 1.42 bits per heavy atom. The van der Waals surface area contributed by atoms with Crippen molar-refractivity contribution in [1.29, 1.82) is 0 Å². The number of tetrazole rings is 1. The number of methoxy groups -OCH3 is 1. The number of ether oxygens (including phenoxy) is 1. The molecule has 0 spiro atoms. The lowest BCUT2D eigenvalue weighted by Crippen LogP contribution is -2.34. The highest BCUT2D eigenvalue weighted by molar-refractivity contribution is 5.89. The van der Waals surface area contributed by atoms with Crippen molar-refractivity contribution in [1.82, 2.24) is 30.4 Å². The predicted molar refractivity (Wildman–Crippen MR) is 97.3 cm³/mol. The van der Waals surface area contributed by atoms with Crippen LogP contribution in [0.3, 0.4) is 0 Å². The van der Waals surface area contributed by atoms with Gasteiger partial charge in [0.2, 0.25) is 0 Å². The van der Waals surface area contributed by atoms with E-state index in [0.717, 1.165) is 38.3 Å². The minimum atomic E-state index is -0.203. The van der Waals surface area contributed by atoms with Crippen LogP contribution >= 0.6 is 0 Å². The third kappa shape index (κ3) is 4.77. The number of aryl methyl sites for hydroxylation is 1. The Morgan fingerprint density at radius 3 is 3.08 bits per heavy atom. The molecule has 9 heteroatoms. The van der Waals surface area contributed by atoms with E-state index in [4.69, 9.17) is 4.74 Å². The molecule has 2 aromatic rings. The quantitative estimate of drug-likeness (QED) is 0.767. The molecule has 0 aliphatic carbocycles. The number of anilines is 1. The molecule has 0 unspecified atom stereocenters. The molecular formula is C17H25N7O2. The molecule has 9 nitrogen and oxygen atoms in total. The second kappa shape index (κ2) is 8.72. The lowest BCUT2D eigenvalue weighted by molar-refractivity contribution is 0.159. The first-order valence-corrected chi connectivity index (χ1v) is 8.77. The van der Waals surface area contributed by atoms with Gasteiger partial charge in [-0.1, -0.05) is 6.07 Å². The van der Waals surface area contributed by atoms with E-state index in [-0.39, 0.29) is 6.03 Å². The second-order valence-electron chi connectivity index (χ2n) is 6.47. The molecule has 1 saturated heterocycles.